The van der Waals surface area contributed by atoms with Gasteiger partial charge in [-0.1, -0.05) is 36.4 Å². The first-order valence-corrected chi connectivity index (χ1v) is 8.40. The van der Waals surface area contributed by atoms with E-state index in [1.165, 1.54) is 31.4 Å². The van der Waals surface area contributed by atoms with E-state index in [1.54, 1.807) is 24.3 Å². The van der Waals surface area contributed by atoms with Gasteiger partial charge in [0, 0.05) is 0 Å². The number of hydrogen-bond acceptors (Lipinski definition) is 5. The number of alkyl halides is 3. The summed E-state index contributed by atoms with van der Waals surface area (Å²) in [7, 11) is -3.91. The smallest absolute Gasteiger partial charge is 0.469 e. The van der Waals surface area contributed by atoms with Crippen molar-refractivity contribution in [1.82, 2.24) is 0 Å². The maximum atomic E-state index is 12.4. The predicted molar refractivity (Wildman–Crippen MR) is 87.1 cm³/mol. The molecule has 2 rings (SSSR count). The lowest BCUT2D eigenvalue weighted by molar-refractivity contribution is -0.139. The van der Waals surface area contributed by atoms with E-state index in [1.807, 2.05) is 0 Å². The monoisotopic (exact) mass is 376 g/mol. The Bertz CT molecular complexity index is 744. The number of benzene rings is 2. The largest absolute Gasteiger partial charge is 0.504 e. The van der Waals surface area contributed by atoms with Gasteiger partial charge in [-0.2, -0.15) is 13.2 Å². The Kier molecular flexibility index (Phi) is 5.61. The van der Waals surface area contributed by atoms with Gasteiger partial charge in [0.2, 0.25) is 10.9 Å². The molecule has 0 bridgehead atoms. The molecule has 0 heterocycles. The summed E-state index contributed by atoms with van der Waals surface area (Å²) in [5, 5.41) is 0. The normalized spacial score (nSPS) is 12.6. The minimum Gasteiger partial charge on any atom is -0.469 e. The Labute approximate surface area is 143 Å². The number of ether oxygens (including phenoxy) is 1. The molecular formula is C16H15F3O5S. The highest BCUT2D eigenvalue weighted by molar-refractivity contribution is 8.21. The third-order valence-electron chi connectivity index (χ3n) is 3.20. The third kappa shape index (κ3) is 4.88. The molecule has 9 heteroatoms. The number of halogens is 3. The molecule has 0 aliphatic carbocycles. The van der Waals surface area contributed by atoms with Crippen molar-refractivity contribution in [1.29, 1.82) is 0 Å². The van der Waals surface area contributed by atoms with E-state index in [2.05, 4.69) is 8.92 Å². The second-order valence-corrected chi connectivity index (χ2v) is 6.63. The summed E-state index contributed by atoms with van der Waals surface area (Å²) in [4.78, 5) is 11.3. The van der Waals surface area contributed by atoms with Crippen LogP contribution in [-0.2, 0) is 16.0 Å². The number of methoxy groups -OCH3 is 1. The lowest BCUT2D eigenvalue weighted by Crippen LogP contribution is -2.23. The first-order chi connectivity index (χ1) is 11.6. The van der Waals surface area contributed by atoms with Gasteiger partial charge in [0.25, 0.3) is 0 Å². The van der Waals surface area contributed by atoms with E-state index in [-0.39, 0.29) is 12.2 Å². The van der Waals surface area contributed by atoms with Crippen LogP contribution in [0.1, 0.15) is 5.56 Å². The van der Waals surface area contributed by atoms with Gasteiger partial charge in [-0.05, 0) is 28.8 Å². The fourth-order valence-electron chi connectivity index (χ4n) is 1.98. The van der Waals surface area contributed by atoms with Crippen LogP contribution in [0.4, 0.5) is 13.2 Å². The van der Waals surface area contributed by atoms with Gasteiger partial charge < -0.3 is 8.92 Å². The molecule has 0 saturated carbocycles. The van der Waals surface area contributed by atoms with Gasteiger partial charge in [0.15, 0.2) is 0 Å². The maximum Gasteiger partial charge on any atom is 0.504 e. The van der Waals surface area contributed by atoms with Crippen LogP contribution in [0.15, 0.2) is 48.5 Å². The molecule has 2 aromatic carbocycles. The lowest BCUT2D eigenvalue weighted by atomic mass is 10.0. The first-order valence-electron chi connectivity index (χ1n) is 6.92. The van der Waals surface area contributed by atoms with Gasteiger partial charge in [0.1, 0.15) is 5.75 Å². The molecule has 0 fully saturated rings. The molecule has 5 nitrogen and oxygen atoms in total. The fraction of sp³-hybridized carbons (Fsp3) is 0.188. The molecule has 0 spiro atoms. The van der Waals surface area contributed by atoms with E-state index in [9.17, 15) is 18.0 Å². The van der Waals surface area contributed by atoms with E-state index in [0.717, 1.165) is 11.1 Å². The van der Waals surface area contributed by atoms with E-state index in [4.69, 9.17) is 9.11 Å². The Morgan fingerprint density at radius 1 is 1.08 bits per heavy atom. The van der Waals surface area contributed by atoms with Gasteiger partial charge in [0.05, 0.1) is 13.5 Å². The van der Waals surface area contributed by atoms with Crippen LogP contribution in [0.2, 0.25) is 0 Å². The molecule has 0 unspecified atom stereocenters. The van der Waals surface area contributed by atoms with Crippen LogP contribution >= 0.6 is 10.9 Å². The molecule has 136 valence electrons. The zero-order valence-corrected chi connectivity index (χ0v) is 13.8. The van der Waals surface area contributed by atoms with Crippen molar-refractivity contribution in [2.75, 3.05) is 7.11 Å². The van der Waals surface area contributed by atoms with Gasteiger partial charge in [-0.15, -0.1) is 0 Å². The zero-order valence-electron chi connectivity index (χ0n) is 13.0. The highest BCUT2D eigenvalue weighted by Crippen LogP contribution is 2.55. The van der Waals surface area contributed by atoms with Crippen LogP contribution in [0.25, 0.3) is 11.1 Å². The summed E-state index contributed by atoms with van der Waals surface area (Å²) in [6.07, 6.45) is 0.0953. The quantitative estimate of drug-likeness (QED) is 0.744. The van der Waals surface area contributed by atoms with Gasteiger partial charge in [-0.3, -0.25) is 13.9 Å². The fourth-order valence-corrected chi connectivity index (χ4v) is 2.46. The van der Waals surface area contributed by atoms with Crippen molar-refractivity contribution < 1.29 is 36.0 Å². The Morgan fingerprint density at radius 3 is 2.28 bits per heavy atom. The van der Waals surface area contributed by atoms with Gasteiger partial charge >= 0.3 is 11.5 Å². The summed E-state index contributed by atoms with van der Waals surface area (Å²) in [5.41, 5.74) is -3.16. The Hall–Kier alpha value is -2.23. The first kappa shape index (κ1) is 19.1. The molecule has 2 N–H and O–H groups in total. The van der Waals surface area contributed by atoms with Gasteiger partial charge in [-0.25, -0.2) is 0 Å². The summed E-state index contributed by atoms with van der Waals surface area (Å²) < 4.78 is 64.1. The van der Waals surface area contributed by atoms with Crippen molar-refractivity contribution in [2.24, 2.45) is 0 Å². The Morgan fingerprint density at radius 2 is 1.72 bits per heavy atom. The summed E-state index contributed by atoms with van der Waals surface area (Å²) in [6, 6.07) is 12.3. The molecule has 0 aliphatic rings. The lowest BCUT2D eigenvalue weighted by Gasteiger charge is -2.28. The van der Waals surface area contributed by atoms with Crippen LogP contribution in [0.5, 0.6) is 5.75 Å². The topological polar surface area (TPSA) is 76.0 Å². The average molecular weight is 376 g/mol. The van der Waals surface area contributed by atoms with Crippen LogP contribution in [0, 0.1) is 0 Å². The minimum atomic E-state index is -5.27. The van der Waals surface area contributed by atoms with Crippen LogP contribution < -0.4 is 4.18 Å². The highest BCUT2D eigenvalue weighted by Gasteiger charge is 2.52. The van der Waals surface area contributed by atoms with Crippen LogP contribution in [-0.4, -0.2) is 27.7 Å². The van der Waals surface area contributed by atoms with E-state index < -0.39 is 22.3 Å². The van der Waals surface area contributed by atoms with Crippen molar-refractivity contribution in [3.63, 3.8) is 0 Å². The number of carbonyl (C=O) groups is 1. The van der Waals surface area contributed by atoms with Crippen molar-refractivity contribution in [3.05, 3.63) is 54.1 Å². The number of hydrogen-bond donors (Lipinski definition) is 2. The van der Waals surface area contributed by atoms with Crippen LogP contribution in [0.3, 0.4) is 0 Å². The van der Waals surface area contributed by atoms with E-state index >= 15 is 0 Å². The van der Waals surface area contributed by atoms with Crippen molar-refractivity contribution >= 4 is 16.8 Å². The molecule has 0 aliphatic heterocycles. The minimum absolute atomic E-state index is 0.0953. The zero-order chi connectivity index (χ0) is 18.7. The second kappa shape index (κ2) is 7.34. The summed E-state index contributed by atoms with van der Waals surface area (Å²) in [5.74, 6) is -0.718. The summed E-state index contributed by atoms with van der Waals surface area (Å²) >= 11 is 0. The maximum absolute atomic E-state index is 12.4. The standard InChI is InChI=1S/C16H15F3O5S/c1-23-15(20)10-11-3-2-4-13(9-11)12-5-7-14(8-6-12)24-25(21,22)16(17,18)19/h2-9,21-22H,10H2,1H3. The summed E-state index contributed by atoms with van der Waals surface area (Å²) in [6.45, 7) is 0. The Balaban J connectivity index is 2.18. The molecule has 2 aromatic rings. The highest BCUT2D eigenvalue weighted by atomic mass is 32.3. The predicted octanol–water partition coefficient (Wildman–Crippen LogP) is 4.63. The van der Waals surface area contributed by atoms with Crippen molar-refractivity contribution in [2.45, 2.75) is 11.9 Å². The molecular weight excluding hydrogens is 361 g/mol. The molecule has 0 saturated heterocycles. The molecule has 0 radical (unpaired) electrons. The molecule has 25 heavy (non-hydrogen) atoms. The molecule has 0 aromatic heterocycles. The second-order valence-electron chi connectivity index (χ2n) is 5.00. The SMILES string of the molecule is COC(=O)Cc1cccc(-c2ccc(OS(O)(O)C(F)(F)F)cc2)c1. The van der Waals surface area contributed by atoms with E-state index in [0.29, 0.717) is 5.56 Å². The average Bonchev–Trinajstić information content (AvgIpc) is 2.54. The third-order valence-corrected chi connectivity index (χ3v) is 4.23. The number of esters is 1. The molecule has 0 atom stereocenters. The number of rotatable bonds is 5. The number of carbonyl (C=O) groups excluding carboxylic acids is 1. The molecule has 0 amide bonds. The van der Waals surface area contributed by atoms with Crippen molar-refractivity contribution in [3.8, 4) is 16.9 Å².